The maximum Gasteiger partial charge on any atom is 0.255 e. The molecule has 0 aliphatic heterocycles. The molecule has 1 N–H and O–H groups in total. The second-order valence-electron chi connectivity index (χ2n) is 5.65. The molecule has 140 valence electrons. The molecule has 0 bridgehead atoms. The van der Waals surface area contributed by atoms with Gasteiger partial charge in [0.25, 0.3) is 5.91 Å². The highest BCUT2D eigenvalue weighted by molar-refractivity contribution is 7.89. The fraction of sp³-hybridized carbons (Fsp3) is 0.278. The van der Waals surface area contributed by atoms with Gasteiger partial charge in [0.15, 0.2) is 11.6 Å². The van der Waals surface area contributed by atoms with Gasteiger partial charge in [-0.3, -0.25) is 4.79 Å². The Morgan fingerprint density at radius 2 is 1.69 bits per heavy atom. The smallest absolute Gasteiger partial charge is 0.255 e. The van der Waals surface area contributed by atoms with Crippen LogP contribution in [0.2, 0.25) is 0 Å². The molecule has 0 saturated heterocycles. The molecule has 2 aromatic carbocycles. The van der Waals surface area contributed by atoms with Crippen LogP contribution in [0.25, 0.3) is 0 Å². The van der Waals surface area contributed by atoms with E-state index in [9.17, 15) is 22.0 Å². The first-order chi connectivity index (χ1) is 12.2. The van der Waals surface area contributed by atoms with Gasteiger partial charge in [-0.25, -0.2) is 17.2 Å². The van der Waals surface area contributed by atoms with E-state index in [0.717, 1.165) is 12.1 Å². The topological polar surface area (TPSA) is 66.5 Å². The third-order valence-corrected chi connectivity index (χ3v) is 6.14. The highest BCUT2D eigenvalue weighted by atomic mass is 32.2. The maximum absolute atomic E-state index is 13.3. The standard InChI is InChI=1S/C18H20F2N2O3S/c1-4-22(5-2)26(24,25)17-10-13(7-6-12(17)3)18(23)21-14-8-9-15(19)16(20)11-14/h6-11H,4-5H2,1-3H3,(H,21,23). The first-order valence-corrected chi connectivity index (χ1v) is 9.51. The van der Waals surface area contributed by atoms with Crippen LogP contribution in [-0.2, 0) is 10.0 Å². The fourth-order valence-corrected chi connectivity index (χ4v) is 4.21. The molecule has 0 heterocycles. The number of aryl methyl sites for hydroxylation is 1. The Kier molecular flexibility index (Phi) is 6.09. The number of halogens is 2. The molecule has 1 amide bonds. The van der Waals surface area contributed by atoms with Crippen LogP contribution in [0.3, 0.4) is 0 Å². The van der Waals surface area contributed by atoms with Crippen molar-refractivity contribution in [3.8, 4) is 0 Å². The zero-order chi connectivity index (χ0) is 19.5. The largest absolute Gasteiger partial charge is 0.322 e. The van der Waals surface area contributed by atoms with Crippen LogP contribution in [0.4, 0.5) is 14.5 Å². The second-order valence-corrected chi connectivity index (χ2v) is 7.56. The summed E-state index contributed by atoms with van der Waals surface area (Å²) in [4.78, 5) is 12.4. The fourth-order valence-electron chi connectivity index (χ4n) is 2.50. The summed E-state index contributed by atoms with van der Waals surface area (Å²) < 4.78 is 53.0. The molecule has 0 fully saturated rings. The van der Waals surface area contributed by atoms with Crippen molar-refractivity contribution in [2.75, 3.05) is 18.4 Å². The van der Waals surface area contributed by atoms with E-state index in [1.54, 1.807) is 20.8 Å². The molecule has 0 unspecified atom stereocenters. The van der Waals surface area contributed by atoms with Gasteiger partial charge in [-0.2, -0.15) is 4.31 Å². The minimum Gasteiger partial charge on any atom is -0.322 e. The summed E-state index contributed by atoms with van der Waals surface area (Å²) in [6.07, 6.45) is 0. The molecule has 2 rings (SSSR count). The number of nitrogens with zero attached hydrogens (tertiary/aromatic N) is 1. The molecule has 8 heteroatoms. The molecular weight excluding hydrogens is 362 g/mol. The Morgan fingerprint density at radius 1 is 1.04 bits per heavy atom. The van der Waals surface area contributed by atoms with E-state index < -0.39 is 27.6 Å². The molecule has 0 saturated carbocycles. The third kappa shape index (κ3) is 4.08. The number of hydrogen-bond donors (Lipinski definition) is 1. The SMILES string of the molecule is CCN(CC)S(=O)(=O)c1cc(C(=O)Nc2ccc(F)c(F)c2)ccc1C. The number of amides is 1. The number of benzene rings is 2. The zero-order valence-electron chi connectivity index (χ0n) is 14.7. The first-order valence-electron chi connectivity index (χ1n) is 8.07. The zero-order valence-corrected chi connectivity index (χ0v) is 15.5. The van der Waals surface area contributed by atoms with Crippen molar-refractivity contribution in [2.45, 2.75) is 25.7 Å². The highest BCUT2D eigenvalue weighted by Crippen LogP contribution is 2.22. The van der Waals surface area contributed by atoms with Gasteiger partial charge in [0.2, 0.25) is 10.0 Å². The highest BCUT2D eigenvalue weighted by Gasteiger charge is 2.24. The quantitative estimate of drug-likeness (QED) is 0.831. The Labute approximate surface area is 151 Å². The third-order valence-electron chi connectivity index (χ3n) is 3.95. The predicted molar refractivity (Wildman–Crippen MR) is 95.6 cm³/mol. The van der Waals surface area contributed by atoms with Crippen molar-refractivity contribution in [3.05, 3.63) is 59.2 Å². The molecular formula is C18H20F2N2O3S. The summed E-state index contributed by atoms with van der Waals surface area (Å²) in [5.41, 5.74) is 0.690. The Morgan fingerprint density at radius 3 is 2.27 bits per heavy atom. The number of rotatable bonds is 6. The van der Waals surface area contributed by atoms with E-state index in [0.29, 0.717) is 18.7 Å². The van der Waals surface area contributed by atoms with Crippen LogP contribution in [0.5, 0.6) is 0 Å². The first kappa shape index (κ1) is 20.0. The van der Waals surface area contributed by atoms with Gasteiger partial charge in [-0.05, 0) is 36.8 Å². The number of sulfonamides is 1. The average molecular weight is 382 g/mol. The lowest BCUT2D eigenvalue weighted by Crippen LogP contribution is -2.31. The number of carbonyl (C=O) groups excluding carboxylic acids is 1. The lowest BCUT2D eigenvalue weighted by atomic mass is 10.1. The molecule has 0 aromatic heterocycles. The van der Waals surface area contributed by atoms with Crippen molar-refractivity contribution in [1.29, 1.82) is 0 Å². The second kappa shape index (κ2) is 7.92. The summed E-state index contributed by atoms with van der Waals surface area (Å²) in [5, 5.41) is 2.43. The molecule has 0 atom stereocenters. The van der Waals surface area contributed by atoms with Crippen molar-refractivity contribution < 1.29 is 22.0 Å². The van der Waals surface area contributed by atoms with Crippen molar-refractivity contribution in [2.24, 2.45) is 0 Å². The number of anilines is 1. The van der Waals surface area contributed by atoms with Gasteiger partial charge < -0.3 is 5.32 Å². The van der Waals surface area contributed by atoms with Crippen molar-refractivity contribution in [1.82, 2.24) is 4.31 Å². The van der Waals surface area contributed by atoms with E-state index in [2.05, 4.69) is 5.32 Å². The molecule has 0 radical (unpaired) electrons. The van der Waals surface area contributed by atoms with E-state index in [1.165, 1.54) is 28.6 Å². The minimum atomic E-state index is -3.73. The van der Waals surface area contributed by atoms with Gasteiger partial charge in [0.05, 0.1) is 4.90 Å². The van der Waals surface area contributed by atoms with Gasteiger partial charge in [-0.15, -0.1) is 0 Å². The van der Waals surface area contributed by atoms with Gasteiger partial charge >= 0.3 is 0 Å². The summed E-state index contributed by atoms with van der Waals surface area (Å²) >= 11 is 0. The van der Waals surface area contributed by atoms with E-state index in [4.69, 9.17) is 0 Å². The van der Waals surface area contributed by atoms with Crippen LogP contribution >= 0.6 is 0 Å². The van der Waals surface area contributed by atoms with Crippen molar-refractivity contribution in [3.63, 3.8) is 0 Å². The maximum atomic E-state index is 13.3. The van der Waals surface area contributed by atoms with Crippen LogP contribution < -0.4 is 5.32 Å². The summed E-state index contributed by atoms with van der Waals surface area (Å²) in [7, 11) is -3.73. The summed E-state index contributed by atoms with van der Waals surface area (Å²) in [5.74, 6) is -2.73. The number of nitrogens with one attached hydrogen (secondary N) is 1. The molecule has 0 spiro atoms. The summed E-state index contributed by atoms with van der Waals surface area (Å²) in [6, 6.07) is 7.28. The van der Waals surface area contributed by atoms with Gasteiger partial charge in [0, 0.05) is 30.4 Å². The molecule has 0 aliphatic rings. The lowest BCUT2D eigenvalue weighted by molar-refractivity contribution is 0.102. The normalized spacial score (nSPS) is 11.6. The molecule has 2 aromatic rings. The molecule has 26 heavy (non-hydrogen) atoms. The Bertz CT molecular complexity index is 926. The van der Waals surface area contributed by atoms with Crippen molar-refractivity contribution >= 4 is 21.6 Å². The van der Waals surface area contributed by atoms with Gasteiger partial charge in [-0.1, -0.05) is 19.9 Å². The number of carbonyl (C=O) groups is 1. The lowest BCUT2D eigenvalue weighted by Gasteiger charge is -2.20. The number of hydrogen-bond acceptors (Lipinski definition) is 3. The summed E-state index contributed by atoms with van der Waals surface area (Å²) in [6.45, 7) is 5.73. The average Bonchev–Trinajstić information content (AvgIpc) is 2.59. The van der Waals surface area contributed by atoms with E-state index in [1.807, 2.05) is 0 Å². The monoisotopic (exact) mass is 382 g/mol. The van der Waals surface area contributed by atoms with Crippen LogP contribution in [0.1, 0.15) is 29.8 Å². The van der Waals surface area contributed by atoms with E-state index in [-0.39, 0.29) is 16.1 Å². The van der Waals surface area contributed by atoms with Gasteiger partial charge in [0.1, 0.15) is 0 Å². The van der Waals surface area contributed by atoms with Crippen LogP contribution in [0.15, 0.2) is 41.3 Å². The Balaban J connectivity index is 2.36. The molecule has 5 nitrogen and oxygen atoms in total. The predicted octanol–water partition coefficient (Wildman–Crippen LogP) is 3.56. The minimum absolute atomic E-state index is 0.0409. The van der Waals surface area contributed by atoms with Crippen LogP contribution in [0, 0.1) is 18.6 Å². The Hall–Kier alpha value is -2.32. The van der Waals surface area contributed by atoms with E-state index >= 15 is 0 Å². The van der Waals surface area contributed by atoms with Crippen LogP contribution in [-0.4, -0.2) is 31.7 Å². The molecule has 0 aliphatic carbocycles.